The van der Waals surface area contributed by atoms with Crippen LogP contribution < -0.4 is 5.11 Å². The van der Waals surface area contributed by atoms with Crippen molar-refractivity contribution in [1.29, 1.82) is 0 Å². The third-order valence-corrected chi connectivity index (χ3v) is 1.70. The van der Waals surface area contributed by atoms with Gasteiger partial charge in [0.15, 0.2) is 0 Å². The summed E-state index contributed by atoms with van der Waals surface area (Å²) >= 11 is 0. The molecule has 0 saturated carbocycles. The van der Waals surface area contributed by atoms with E-state index in [-0.39, 0.29) is 5.78 Å². The lowest BCUT2D eigenvalue weighted by atomic mass is 9.98. The number of ketones is 1. The van der Waals surface area contributed by atoms with Crippen LogP contribution in [0.1, 0.15) is 39.5 Å². The van der Waals surface area contributed by atoms with Gasteiger partial charge in [-0.15, -0.1) is 0 Å². The largest absolute Gasteiger partial charge is 0.550 e. The van der Waals surface area contributed by atoms with Crippen molar-refractivity contribution < 1.29 is 14.7 Å². The summed E-state index contributed by atoms with van der Waals surface area (Å²) in [5.41, 5.74) is 0. The third kappa shape index (κ3) is 5.89. The van der Waals surface area contributed by atoms with E-state index in [9.17, 15) is 14.7 Å². The maximum absolute atomic E-state index is 10.9. The molecule has 1 unspecified atom stereocenters. The topological polar surface area (TPSA) is 57.2 Å². The number of hydrogen-bond donors (Lipinski definition) is 0. The Kier molecular flexibility index (Phi) is 5.34. The lowest BCUT2D eigenvalue weighted by Gasteiger charge is -2.08. The zero-order valence-corrected chi connectivity index (χ0v) is 7.63. The number of Topliss-reactive ketones (excluding diaryl/α,β-unsaturated/α-hetero) is 1. The van der Waals surface area contributed by atoms with Gasteiger partial charge in [0.05, 0.1) is 0 Å². The number of aliphatic carboxylic acids is 1. The van der Waals surface area contributed by atoms with Crippen molar-refractivity contribution in [3.63, 3.8) is 0 Å². The SMILES string of the molecule is CCCC(C)CC(=O)CC(=O)[O-]. The van der Waals surface area contributed by atoms with Crippen molar-refractivity contribution in [2.45, 2.75) is 39.5 Å². The molecule has 0 aromatic heterocycles. The average Bonchev–Trinajstić information content (AvgIpc) is 1.84. The second-order valence-corrected chi connectivity index (χ2v) is 3.19. The zero-order chi connectivity index (χ0) is 9.56. The molecule has 0 saturated heterocycles. The average molecular weight is 171 g/mol. The molecule has 0 radical (unpaired) electrons. The summed E-state index contributed by atoms with van der Waals surface area (Å²) < 4.78 is 0. The highest BCUT2D eigenvalue weighted by Crippen LogP contribution is 2.10. The van der Waals surface area contributed by atoms with Crippen LogP contribution in [0.2, 0.25) is 0 Å². The normalized spacial score (nSPS) is 12.5. The second kappa shape index (κ2) is 5.75. The Morgan fingerprint density at radius 2 is 2.00 bits per heavy atom. The summed E-state index contributed by atoms with van der Waals surface area (Å²) in [4.78, 5) is 20.9. The first-order valence-electron chi connectivity index (χ1n) is 4.27. The highest BCUT2D eigenvalue weighted by atomic mass is 16.4. The van der Waals surface area contributed by atoms with E-state index in [0.29, 0.717) is 12.3 Å². The number of carbonyl (C=O) groups is 2. The second-order valence-electron chi connectivity index (χ2n) is 3.19. The van der Waals surface area contributed by atoms with Gasteiger partial charge in [-0.05, 0) is 5.92 Å². The standard InChI is InChI=1S/C9H16O3/c1-3-4-7(2)5-8(10)6-9(11)12/h7H,3-6H2,1-2H3,(H,11,12)/p-1. The molecule has 0 amide bonds. The molecule has 0 aromatic rings. The summed E-state index contributed by atoms with van der Waals surface area (Å²) in [6, 6.07) is 0. The minimum Gasteiger partial charge on any atom is -0.550 e. The van der Waals surface area contributed by atoms with E-state index in [1.807, 2.05) is 13.8 Å². The molecule has 0 aliphatic heterocycles. The molecule has 0 rings (SSSR count). The van der Waals surface area contributed by atoms with Crippen molar-refractivity contribution in [3.8, 4) is 0 Å². The molecule has 1 atom stereocenters. The summed E-state index contributed by atoms with van der Waals surface area (Å²) in [5, 5.41) is 10.0. The number of carboxylic acid groups (broad SMARTS) is 1. The minimum atomic E-state index is -1.27. The van der Waals surface area contributed by atoms with Crippen molar-refractivity contribution >= 4 is 11.8 Å². The van der Waals surface area contributed by atoms with Crippen molar-refractivity contribution in [2.24, 2.45) is 5.92 Å². The first kappa shape index (κ1) is 11.1. The van der Waals surface area contributed by atoms with E-state index >= 15 is 0 Å². The molecule has 0 aliphatic carbocycles. The molecule has 0 aliphatic rings. The van der Waals surface area contributed by atoms with Crippen LogP contribution in [0.15, 0.2) is 0 Å². The van der Waals surface area contributed by atoms with E-state index in [0.717, 1.165) is 12.8 Å². The summed E-state index contributed by atoms with van der Waals surface area (Å²) in [7, 11) is 0. The third-order valence-electron chi connectivity index (χ3n) is 1.70. The first-order chi connectivity index (χ1) is 5.56. The van der Waals surface area contributed by atoms with Crippen molar-refractivity contribution in [2.75, 3.05) is 0 Å². The Morgan fingerprint density at radius 1 is 1.42 bits per heavy atom. The number of hydrogen-bond acceptors (Lipinski definition) is 3. The van der Waals surface area contributed by atoms with Gasteiger partial charge in [-0.25, -0.2) is 0 Å². The number of rotatable bonds is 6. The maximum Gasteiger partial charge on any atom is 0.138 e. The van der Waals surface area contributed by atoms with Gasteiger partial charge in [-0.3, -0.25) is 4.79 Å². The van der Waals surface area contributed by atoms with E-state index in [4.69, 9.17) is 0 Å². The van der Waals surface area contributed by atoms with Crippen LogP contribution in [0, 0.1) is 5.92 Å². The molecule has 0 bridgehead atoms. The molecule has 0 spiro atoms. The van der Waals surface area contributed by atoms with E-state index in [1.165, 1.54) is 0 Å². The van der Waals surface area contributed by atoms with Crippen molar-refractivity contribution in [1.82, 2.24) is 0 Å². The zero-order valence-electron chi connectivity index (χ0n) is 7.63. The summed E-state index contributed by atoms with van der Waals surface area (Å²) in [6.45, 7) is 4.00. The van der Waals surface area contributed by atoms with Crippen LogP contribution in [-0.4, -0.2) is 11.8 Å². The fourth-order valence-corrected chi connectivity index (χ4v) is 1.22. The molecule has 70 valence electrons. The summed E-state index contributed by atoms with van der Waals surface area (Å²) in [5.74, 6) is -1.21. The Morgan fingerprint density at radius 3 is 2.42 bits per heavy atom. The van der Waals surface area contributed by atoms with Gasteiger partial charge in [0.2, 0.25) is 0 Å². The Bertz CT molecular complexity index is 163. The van der Waals surface area contributed by atoms with Crippen LogP contribution in [0.4, 0.5) is 0 Å². The predicted octanol–water partition coefficient (Wildman–Crippen LogP) is 0.522. The highest BCUT2D eigenvalue weighted by Gasteiger charge is 2.07. The quantitative estimate of drug-likeness (QED) is 0.547. The van der Waals surface area contributed by atoms with Gasteiger partial charge >= 0.3 is 0 Å². The molecule has 0 heterocycles. The molecule has 3 heteroatoms. The molecule has 0 N–H and O–H groups in total. The molecule has 12 heavy (non-hydrogen) atoms. The van der Waals surface area contributed by atoms with Crippen molar-refractivity contribution in [3.05, 3.63) is 0 Å². The van der Waals surface area contributed by atoms with Crippen LogP contribution >= 0.6 is 0 Å². The summed E-state index contributed by atoms with van der Waals surface area (Å²) in [6.07, 6.45) is 1.93. The Hall–Kier alpha value is -0.860. The van der Waals surface area contributed by atoms with Crippen LogP contribution in [0.3, 0.4) is 0 Å². The molecule has 0 aromatic carbocycles. The monoisotopic (exact) mass is 171 g/mol. The fourth-order valence-electron chi connectivity index (χ4n) is 1.22. The molecule has 0 fully saturated rings. The minimum absolute atomic E-state index is 0.226. The molecular formula is C9H15O3-. The fraction of sp³-hybridized carbons (Fsp3) is 0.778. The molecular weight excluding hydrogens is 156 g/mol. The van der Waals surface area contributed by atoms with Gasteiger partial charge in [0, 0.05) is 18.8 Å². The van der Waals surface area contributed by atoms with Gasteiger partial charge in [-0.2, -0.15) is 0 Å². The molecule has 3 nitrogen and oxygen atoms in total. The van der Waals surface area contributed by atoms with Crippen LogP contribution in [0.25, 0.3) is 0 Å². The van der Waals surface area contributed by atoms with Gasteiger partial charge in [0.25, 0.3) is 0 Å². The smallest absolute Gasteiger partial charge is 0.138 e. The first-order valence-corrected chi connectivity index (χ1v) is 4.27. The Labute approximate surface area is 72.8 Å². The van der Waals surface area contributed by atoms with Crippen LogP contribution in [-0.2, 0) is 9.59 Å². The maximum atomic E-state index is 10.9. The highest BCUT2D eigenvalue weighted by molar-refractivity contribution is 5.93. The van der Waals surface area contributed by atoms with Gasteiger partial charge < -0.3 is 9.90 Å². The van der Waals surface area contributed by atoms with Gasteiger partial charge in [-0.1, -0.05) is 26.7 Å². The van der Waals surface area contributed by atoms with E-state index in [2.05, 4.69) is 0 Å². The van der Waals surface area contributed by atoms with E-state index < -0.39 is 12.4 Å². The van der Waals surface area contributed by atoms with Crippen LogP contribution in [0.5, 0.6) is 0 Å². The van der Waals surface area contributed by atoms with E-state index in [1.54, 1.807) is 0 Å². The predicted molar refractivity (Wildman–Crippen MR) is 43.3 cm³/mol. The lowest BCUT2D eigenvalue weighted by molar-refractivity contribution is -0.304. The van der Waals surface area contributed by atoms with Gasteiger partial charge in [0.1, 0.15) is 5.78 Å². The number of carbonyl (C=O) groups excluding carboxylic acids is 2. The number of carboxylic acids is 1. The lowest BCUT2D eigenvalue weighted by Crippen LogP contribution is -2.25. The Balaban J connectivity index is 3.61.